The molecule has 0 N–H and O–H groups in total. The highest BCUT2D eigenvalue weighted by atomic mass is 16.6. The molecule has 2 atom stereocenters. The number of hydrogen-bond donors (Lipinski definition) is 0. The number of ether oxygens (including phenoxy) is 2. The molecule has 0 radical (unpaired) electrons. The predicted molar refractivity (Wildman–Crippen MR) is 35.7 cm³/mol. The van der Waals surface area contributed by atoms with Crippen LogP contribution in [0, 0.1) is 5.92 Å². The molecule has 2 unspecified atom stereocenters. The van der Waals surface area contributed by atoms with Crippen LogP contribution in [0.1, 0.15) is 13.3 Å². The van der Waals surface area contributed by atoms with Gasteiger partial charge in [-0.1, -0.05) is 6.92 Å². The molecule has 0 saturated carbocycles. The zero-order valence-electron chi connectivity index (χ0n) is 6.28. The largest absolute Gasteiger partial charge is 0.464 e. The molecule has 11 heavy (non-hydrogen) atoms. The molecule has 0 aromatic heterocycles. The van der Waals surface area contributed by atoms with Crippen LogP contribution in [0.25, 0.3) is 0 Å². The summed E-state index contributed by atoms with van der Waals surface area (Å²) in [6, 6.07) is 0. The van der Waals surface area contributed by atoms with Crippen LogP contribution >= 0.6 is 0 Å². The van der Waals surface area contributed by atoms with Crippen LogP contribution in [0.4, 0.5) is 0 Å². The van der Waals surface area contributed by atoms with Gasteiger partial charge in [-0.15, -0.1) is 0 Å². The molecule has 1 aliphatic rings. The number of carbonyl (C=O) groups is 2. The van der Waals surface area contributed by atoms with Gasteiger partial charge in [0.1, 0.15) is 12.7 Å². The first-order valence-corrected chi connectivity index (χ1v) is 3.49. The van der Waals surface area contributed by atoms with E-state index < -0.39 is 0 Å². The number of rotatable bonds is 3. The lowest BCUT2D eigenvalue weighted by Crippen LogP contribution is -2.14. The van der Waals surface area contributed by atoms with Crippen LogP contribution in [0.2, 0.25) is 0 Å². The highest BCUT2D eigenvalue weighted by molar-refractivity contribution is 5.74. The van der Waals surface area contributed by atoms with Gasteiger partial charge < -0.3 is 9.47 Å². The van der Waals surface area contributed by atoms with E-state index in [-0.39, 0.29) is 24.6 Å². The Morgan fingerprint density at radius 2 is 2.55 bits per heavy atom. The molecule has 0 bridgehead atoms. The summed E-state index contributed by atoms with van der Waals surface area (Å²) >= 11 is 0. The van der Waals surface area contributed by atoms with Gasteiger partial charge in [0, 0.05) is 6.42 Å². The van der Waals surface area contributed by atoms with Crippen LogP contribution < -0.4 is 0 Å². The van der Waals surface area contributed by atoms with Crippen molar-refractivity contribution >= 4 is 12.4 Å². The van der Waals surface area contributed by atoms with Crippen molar-refractivity contribution in [2.45, 2.75) is 19.4 Å². The second-order valence-electron chi connectivity index (χ2n) is 2.63. The monoisotopic (exact) mass is 158 g/mol. The number of carbonyl (C=O) groups excluding carboxylic acids is 2. The second kappa shape index (κ2) is 3.37. The van der Waals surface area contributed by atoms with Crippen molar-refractivity contribution in [1.82, 2.24) is 0 Å². The smallest absolute Gasteiger partial charge is 0.309 e. The molecule has 0 spiro atoms. The van der Waals surface area contributed by atoms with Gasteiger partial charge in [0.05, 0.1) is 5.92 Å². The summed E-state index contributed by atoms with van der Waals surface area (Å²) in [7, 11) is 0. The third-order valence-corrected chi connectivity index (χ3v) is 1.65. The van der Waals surface area contributed by atoms with Crippen molar-refractivity contribution in [3.63, 3.8) is 0 Å². The summed E-state index contributed by atoms with van der Waals surface area (Å²) in [6.07, 6.45) is 0.412. The van der Waals surface area contributed by atoms with E-state index in [4.69, 9.17) is 4.74 Å². The van der Waals surface area contributed by atoms with E-state index >= 15 is 0 Å². The highest BCUT2D eigenvalue weighted by Gasteiger charge is 2.30. The van der Waals surface area contributed by atoms with E-state index in [2.05, 4.69) is 4.74 Å². The molecule has 0 aromatic rings. The minimum atomic E-state index is -0.234. The zero-order chi connectivity index (χ0) is 8.27. The van der Waals surface area contributed by atoms with Crippen molar-refractivity contribution < 1.29 is 19.1 Å². The Kier molecular flexibility index (Phi) is 2.46. The highest BCUT2D eigenvalue weighted by Crippen LogP contribution is 2.19. The SMILES string of the molecule is CC1CC(COC=O)OC1=O. The molecule has 1 saturated heterocycles. The van der Waals surface area contributed by atoms with Gasteiger partial charge >= 0.3 is 5.97 Å². The van der Waals surface area contributed by atoms with E-state index in [1.807, 2.05) is 0 Å². The van der Waals surface area contributed by atoms with E-state index in [0.29, 0.717) is 12.9 Å². The third kappa shape index (κ3) is 1.93. The summed E-state index contributed by atoms with van der Waals surface area (Å²) in [5.41, 5.74) is 0. The van der Waals surface area contributed by atoms with Gasteiger partial charge in [-0.25, -0.2) is 0 Å². The number of cyclic esters (lactones) is 1. The molecule has 0 aromatic carbocycles. The van der Waals surface area contributed by atoms with Gasteiger partial charge in [-0.3, -0.25) is 9.59 Å². The minimum Gasteiger partial charge on any atom is -0.464 e. The van der Waals surface area contributed by atoms with Gasteiger partial charge in [-0.2, -0.15) is 0 Å². The molecule has 1 heterocycles. The Labute approximate surface area is 64.5 Å². The predicted octanol–water partition coefficient (Wildman–Crippen LogP) is 0.111. The van der Waals surface area contributed by atoms with Crippen LogP contribution in [-0.2, 0) is 19.1 Å². The second-order valence-corrected chi connectivity index (χ2v) is 2.63. The first-order chi connectivity index (χ1) is 5.24. The first-order valence-electron chi connectivity index (χ1n) is 3.49. The fourth-order valence-electron chi connectivity index (χ4n) is 1.07. The Hall–Kier alpha value is -1.06. The Morgan fingerprint density at radius 3 is 3.00 bits per heavy atom. The van der Waals surface area contributed by atoms with Crippen LogP contribution in [0.15, 0.2) is 0 Å². The van der Waals surface area contributed by atoms with Crippen molar-refractivity contribution in [2.75, 3.05) is 6.61 Å². The molecular weight excluding hydrogens is 148 g/mol. The van der Waals surface area contributed by atoms with Gasteiger partial charge in [0.2, 0.25) is 0 Å². The topological polar surface area (TPSA) is 52.6 Å². The number of hydrogen-bond acceptors (Lipinski definition) is 4. The van der Waals surface area contributed by atoms with E-state index in [9.17, 15) is 9.59 Å². The normalized spacial score (nSPS) is 29.7. The fraction of sp³-hybridized carbons (Fsp3) is 0.714. The Morgan fingerprint density at radius 1 is 1.82 bits per heavy atom. The average Bonchev–Trinajstić information content (AvgIpc) is 2.28. The molecular formula is C7H10O4. The van der Waals surface area contributed by atoms with E-state index in [0.717, 1.165) is 0 Å². The minimum absolute atomic E-state index is 0.0600. The Balaban J connectivity index is 2.29. The van der Waals surface area contributed by atoms with Gasteiger partial charge in [0.15, 0.2) is 0 Å². The van der Waals surface area contributed by atoms with Crippen LogP contribution in [0.3, 0.4) is 0 Å². The summed E-state index contributed by atoms with van der Waals surface area (Å²) in [4.78, 5) is 20.5. The maximum Gasteiger partial charge on any atom is 0.309 e. The lowest BCUT2D eigenvalue weighted by Gasteiger charge is -2.05. The average molecular weight is 158 g/mol. The Bertz CT molecular complexity index is 166. The lowest BCUT2D eigenvalue weighted by atomic mass is 10.1. The molecule has 0 aliphatic carbocycles. The molecule has 0 amide bonds. The van der Waals surface area contributed by atoms with Crippen molar-refractivity contribution in [2.24, 2.45) is 5.92 Å². The standard InChI is InChI=1S/C7H10O4/c1-5-2-6(3-10-4-8)11-7(5)9/h4-6H,2-3H2,1H3. The van der Waals surface area contributed by atoms with Crippen LogP contribution in [-0.4, -0.2) is 25.2 Å². The van der Waals surface area contributed by atoms with Crippen molar-refractivity contribution in [3.05, 3.63) is 0 Å². The van der Waals surface area contributed by atoms with Crippen molar-refractivity contribution in [1.29, 1.82) is 0 Å². The van der Waals surface area contributed by atoms with Gasteiger partial charge in [-0.05, 0) is 0 Å². The first kappa shape index (κ1) is 8.04. The van der Waals surface area contributed by atoms with Crippen molar-refractivity contribution in [3.8, 4) is 0 Å². The van der Waals surface area contributed by atoms with Gasteiger partial charge in [0.25, 0.3) is 6.47 Å². The van der Waals surface area contributed by atoms with E-state index in [1.54, 1.807) is 6.92 Å². The summed E-state index contributed by atoms with van der Waals surface area (Å²) < 4.78 is 9.31. The van der Waals surface area contributed by atoms with Crippen LogP contribution in [0.5, 0.6) is 0 Å². The molecule has 1 rings (SSSR count). The fourth-order valence-corrected chi connectivity index (χ4v) is 1.07. The quantitative estimate of drug-likeness (QED) is 0.432. The number of esters is 1. The molecule has 4 heteroatoms. The maximum absolute atomic E-state index is 10.8. The molecule has 62 valence electrons. The zero-order valence-corrected chi connectivity index (χ0v) is 6.28. The summed E-state index contributed by atoms with van der Waals surface area (Å²) in [5, 5.41) is 0. The lowest BCUT2D eigenvalue weighted by molar-refractivity contribution is -0.148. The molecule has 1 aliphatic heterocycles. The summed E-state index contributed by atoms with van der Waals surface area (Å²) in [6.45, 7) is 2.33. The molecule has 1 fully saturated rings. The molecule has 4 nitrogen and oxygen atoms in total. The maximum atomic E-state index is 10.8. The summed E-state index contributed by atoms with van der Waals surface area (Å²) in [5.74, 6) is -0.264. The van der Waals surface area contributed by atoms with E-state index in [1.165, 1.54) is 0 Å². The third-order valence-electron chi connectivity index (χ3n) is 1.65.